The fourth-order valence-electron chi connectivity index (χ4n) is 3.72. The van der Waals surface area contributed by atoms with Crippen molar-refractivity contribution in [3.63, 3.8) is 0 Å². The van der Waals surface area contributed by atoms with Crippen LogP contribution in [0.5, 0.6) is 0 Å². The molecule has 0 radical (unpaired) electrons. The Hall–Kier alpha value is -1.82. The highest BCUT2D eigenvalue weighted by Gasteiger charge is 2.22. The van der Waals surface area contributed by atoms with Gasteiger partial charge in [-0.15, -0.1) is 0 Å². The number of hydrogen-bond acceptors (Lipinski definition) is 4. The van der Waals surface area contributed by atoms with Crippen LogP contribution in [0.3, 0.4) is 0 Å². The van der Waals surface area contributed by atoms with E-state index in [-0.39, 0.29) is 6.03 Å². The molecule has 0 bridgehead atoms. The van der Waals surface area contributed by atoms with E-state index in [1.165, 1.54) is 19.3 Å². The number of piperazine rings is 1. The van der Waals surface area contributed by atoms with E-state index in [9.17, 15) is 4.79 Å². The van der Waals surface area contributed by atoms with Gasteiger partial charge < -0.3 is 20.0 Å². The number of hydrogen-bond donors (Lipinski definition) is 1. The number of anilines is 1. The number of urea groups is 1. The first-order chi connectivity index (χ1) is 12.1. The summed E-state index contributed by atoms with van der Waals surface area (Å²) in [5.41, 5.74) is 1.11. The van der Waals surface area contributed by atoms with E-state index in [1.54, 1.807) is 0 Å². The molecule has 0 atom stereocenters. The maximum absolute atomic E-state index is 12.4. The fourth-order valence-corrected chi connectivity index (χ4v) is 3.72. The normalized spacial score (nSPS) is 19.7. The van der Waals surface area contributed by atoms with E-state index in [0.29, 0.717) is 12.6 Å². The van der Waals surface area contributed by atoms with Crippen molar-refractivity contribution in [3.8, 4) is 0 Å². The number of nitrogens with one attached hydrogen (secondary N) is 1. The summed E-state index contributed by atoms with van der Waals surface area (Å²) in [5.74, 6) is 1.01. The molecule has 2 heterocycles. The molecule has 0 aromatic carbocycles. The molecule has 2 fully saturated rings. The lowest BCUT2D eigenvalue weighted by atomic mass is 9.95. The number of aromatic nitrogens is 1. The highest BCUT2D eigenvalue weighted by Crippen LogP contribution is 2.21. The smallest absolute Gasteiger partial charge is 0.317 e. The number of carbonyl (C=O) groups excluding carboxylic acids is 1. The van der Waals surface area contributed by atoms with E-state index in [1.807, 2.05) is 24.2 Å². The molecule has 0 spiro atoms. The molecule has 1 aliphatic carbocycles. The average Bonchev–Trinajstić information content (AvgIpc) is 2.67. The van der Waals surface area contributed by atoms with Crippen molar-refractivity contribution in [1.82, 2.24) is 20.1 Å². The summed E-state index contributed by atoms with van der Waals surface area (Å²) < 4.78 is 0. The Morgan fingerprint density at radius 1 is 1.24 bits per heavy atom. The van der Waals surface area contributed by atoms with Gasteiger partial charge in [0.25, 0.3) is 0 Å². The number of rotatable bonds is 4. The van der Waals surface area contributed by atoms with Crippen molar-refractivity contribution in [2.24, 2.45) is 0 Å². The van der Waals surface area contributed by atoms with Crippen LogP contribution in [0.4, 0.5) is 10.6 Å². The molecule has 138 valence electrons. The van der Waals surface area contributed by atoms with Gasteiger partial charge in [-0.2, -0.15) is 0 Å². The van der Waals surface area contributed by atoms with Gasteiger partial charge in [0, 0.05) is 52.0 Å². The van der Waals surface area contributed by atoms with Gasteiger partial charge in [0.05, 0.1) is 0 Å². The molecule has 1 aliphatic heterocycles. The molecule has 1 N–H and O–H groups in total. The Bertz CT molecular complexity index is 565. The first-order valence-electron chi connectivity index (χ1n) is 9.52. The zero-order valence-electron chi connectivity index (χ0n) is 15.6. The monoisotopic (exact) mass is 345 g/mol. The third-order valence-corrected chi connectivity index (χ3v) is 5.52. The quantitative estimate of drug-likeness (QED) is 0.910. The molecule has 2 aliphatic rings. The molecule has 25 heavy (non-hydrogen) atoms. The minimum atomic E-state index is 0.0323. The Balaban J connectivity index is 1.52. The maximum atomic E-state index is 12.4. The van der Waals surface area contributed by atoms with Gasteiger partial charge in [-0.25, -0.2) is 9.78 Å². The Morgan fingerprint density at radius 3 is 2.68 bits per heavy atom. The molecule has 3 rings (SSSR count). The van der Waals surface area contributed by atoms with Gasteiger partial charge >= 0.3 is 6.03 Å². The molecule has 6 nitrogen and oxygen atoms in total. The molecule has 0 unspecified atom stereocenters. The number of likely N-dealkylation sites (N-methyl/N-ethyl adjacent to an activating group) is 1. The number of amides is 2. The summed E-state index contributed by atoms with van der Waals surface area (Å²) in [4.78, 5) is 23.5. The first kappa shape index (κ1) is 18.0. The third-order valence-electron chi connectivity index (χ3n) is 5.52. The average molecular weight is 345 g/mol. The summed E-state index contributed by atoms with van der Waals surface area (Å²) in [7, 11) is 4.08. The number of pyridine rings is 1. The van der Waals surface area contributed by atoms with Crippen LogP contribution in [0.1, 0.15) is 37.7 Å². The largest absolute Gasteiger partial charge is 0.354 e. The van der Waals surface area contributed by atoms with Crippen molar-refractivity contribution < 1.29 is 4.79 Å². The number of nitrogens with zero attached hydrogens (tertiary/aromatic N) is 4. The van der Waals surface area contributed by atoms with Gasteiger partial charge in [0.1, 0.15) is 5.82 Å². The second-order valence-corrected chi connectivity index (χ2v) is 7.37. The van der Waals surface area contributed by atoms with E-state index < -0.39 is 0 Å². The maximum Gasteiger partial charge on any atom is 0.317 e. The van der Waals surface area contributed by atoms with Gasteiger partial charge in [0.2, 0.25) is 0 Å². The summed E-state index contributed by atoms with van der Waals surface area (Å²) in [5, 5.41) is 3.07. The summed E-state index contributed by atoms with van der Waals surface area (Å²) in [6.07, 6.45) is 7.89. The van der Waals surface area contributed by atoms with Gasteiger partial charge in [-0.05, 0) is 37.6 Å². The van der Waals surface area contributed by atoms with Crippen molar-refractivity contribution in [2.75, 3.05) is 45.2 Å². The zero-order valence-corrected chi connectivity index (χ0v) is 15.6. The molecular weight excluding hydrogens is 314 g/mol. The Morgan fingerprint density at radius 2 is 1.96 bits per heavy atom. The van der Waals surface area contributed by atoms with Gasteiger partial charge in [0.15, 0.2) is 0 Å². The predicted molar refractivity (Wildman–Crippen MR) is 101 cm³/mol. The van der Waals surface area contributed by atoms with Crippen molar-refractivity contribution in [2.45, 2.75) is 44.7 Å². The molecule has 2 amide bonds. The predicted octanol–water partition coefficient (Wildman–Crippen LogP) is 2.31. The van der Waals surface area contributed by atoms with Gasteiger partial charge in [-0.1, -0.05) is 19.3 Å². The first-order valence-corrected chi connectivity index (χ1v) is 9.52. The van der Waals surface area contributed by atoms with Crippen LogP contribution in [0.15, 0.2) is 18.3 Å². The minimum absolute atomic E-state index is 0.0323. The highest BCUT2D eigenvalue weighted by molar-refractivity contribution is 5.74. The Kier molecular flexibility index (Phi) is 6.13. The third kappa shape index (κ3) is 4.84. The van der Waals surface area contributed by atoms with Crippen LogP contribution in [-0.2, 0) is 6.54 Å². The lowest BCUT2D eigenvalue weighted by Gasteiger charge is -2.33. The Labute approximate surface area is 151 Å². The number of carbonyl (C=O) groups is 1. The molecule has 1 aromatic rings. The topological polar surface area (TPSA) is 51.7 Å². The summed E-state index contributed by atoms with van der Waals surface area (Å²) >= 11 is 0. The van der Waals surface area contributed by atoms with Crippen LogP contribution in [0, 0.1) is 0 Å². The standard InChI is InChI=1S/C19H31N5O/c1-22-10-12-24(13-11-22)18-14-16(8-9-20-18)15-21-19(25)23(2)17-6-4-3-5-7-17/h8-9,14,17H,3-7,10-13,15H2,1-2H3,(H,21,25). The summed E-state index contributed by atoms with van der Waals surface area (Å²) in [6.45, 7) is 4.69. The van der Waals surface area contributed by atoms with Crippen molar-refractivity contribution in [1.29, 1.82) is 0 Å². The van der Waals surface area contributed by atoms with Crippen molar-refractivity contribution in [3.05, 3.63) is 23.9 Å². The zero-order chi connectivity index (χ0) is 17.6. The second kappa shape index (κ2) is 8.52. The SMILES string of the molecule is CN1CCN(c2cc(CNC(=O)N(C)C3CCCCC3)ccn2)CC1. The van der Waals surface area contributed by atoms with Crippen LogP contribution >= 0.6 is 0 Å². The van der Waals surface area contributed by atoms with Crippen LogP contribution in [0.2, 0.25) is 0 Å². The fraction of sp³-hybridized carbons (Fsp3) is 0.684. The van der Waals surface area contributed by atoms with E-state index in [2.05, 4.69) is 33.2 Å². The van der Waals surface area contributed by atoms with Gasteiger partial charge in [-0.3, -0.25) is 0 Å². The highest BCUT2D eigenvalue weighted by atomic mass is 16.2. The van der Waals surface area contributed by atoms with E-state index >= 15 is 0 Å². The second-order valence-electron chi connectivity index (χ2n) is 7.37. The molecule has 1 saturated heterocycles. The lowest BCUT2D eigenvalue weighted by Crippen LogP contribution is -2.45. The molecule has 6 heteroatoms. The minimum Gasteiger partial charge on any atom is -0.354 e. The van der Waals surface area contributed by atoms with E-state index in [0.717, 1.165) is 50.4 Å². The van der Waals surface area contributed by atoms with E-state index in [4.69, 9.17) is 0 Å². The molecular formula is C19H31N5O. The van der Waals surface area contributed by atoms with Crippen molar-refractivity contribution >= 4 is 11.8 Å². The lowest BCUT2D eigenvalue weighted by molar-refractivity contribution is 0.173. The van der Waals surface area contributed by atoms with Crippen LogP contribution < -0.4 is 10.2 Å². The van der Waals surface area contributed by atoms with Crippen LogP contribution in [0.25, 0.3) is 0 Å². The summed E-state index contributed by atoms with van der Waals surface area (Å²) in [6, 6.07) is 4.52. The molecule has 1 saturated carbocycles. The molecule has 1 aromatic heterocycles. The van der Waals surface area contributed by atoms with Crippen LogP contribution in [-0.4, -0.2) is 67.1 Å².